The predicted octanol–water partition coefficient (Wildman–Crippen LogP) is 13.6. The Bertz CT molecular complexity index is 2700. The zero-order valence-corrected chi connectivity index (χ0v) is 26.8. The second kappa shape index (κ2) is 11.1. The van der Waals surface area contributed by atoms with Crippen molar-refractivity contribution in [1.82, 2.24) is 0 Å². The van der Waals surface area contributed by atoms with Gasteiger partial charge in [-0.3, -0.25) is 0 Å². The Morgan fingerprint density at radius 3 is 1.61 bits per heavy atom. The van der Waals surface area contributed by atoms with Gasteiger partial charge in [-0.1, -0.05) is 164 Å². The van der Waals surface area contributed by atoms with Crippen LogP contribution in [0.2, 0.25) is 0 Å². The molecule has 0 atom stereocenters. The van der Waals surface area contributed by atoms with Crippen molar-refractivity contribution < 1.29 is 0 Å². The molecule has 0 aromatic heterocycles. The highest BCUT2D eigenvalue weighted by Crippen LogP contribution is 2.54. The molecule has 0 unspecified atom stereocenters. The Labute approximate surface area is 286 Å². The van der Waals surface area contributed by atoms with E-state index in [0.717, 1.165) is 11.4 Å². The van der Waals surface area contributed by atoms with Crippen LogP contribution in [-0.2, 0) is 0 Å². The maximum atomic E-state index is 2.48. The lowest BCUT2D eigenvalue weighted by molar-refractivity contribution is 1.32. The molecule has 1 aliphatic rings. The smallest absolute Gasteiger partial charge is 0.0619 e. The molecular formula is C48H31N. The molecule has 0 aliphatic heterocycles. The maximum Gasteiger partial charge on any atom is 0.0619 e. The molecule has 0 N–H and O–H groups in total. The van der Waals surface area contributed by atoms with Crippen LogP contribution in [0.5, 0.6) is 0 Å². The van der Waals surface area contributed by atoms with Gasteiger partial charge in [-0.2, -0.15) is 0 Å². The van der Waals surface area contributed by atoms with Gasteiger partial charge in [0, 0.05) is 27.5 Å². The summed E-state index contributed by atoms with van der Waals surface area (Å²) >= 11 is 0. The van der Waals surface area contributed by atoms with Gasteiger partial charge in [-0.05, 0) is 84.9 Å². The second-order valence-electron chi connectivity index (χ2n) is 12.9. The fraction of sp³-hybridized carbons (Fsp3) is 0. The molecule has 10 rings (SSSR count). The quantitative estimate of drug-likeness (QED) is 0.177. The van der Waals surface area contributed by atoms with Gasteiger partial charge in [-0.25, -0.2) is 0 Å². The first-order valence-electron chi connectivity index (χ1n) is 16.9. The van der Waals surface area contributed by atoms with Crippen LogP contribution in [0.1, 0.15) is 0 Å². The first-order chi connectivity index (χ1) is 24.3. The highest BCUT2D eigenvalue weighted by molar-refractivity contribution is 6.28. The maximum absolute atomic E-state index is 2.48. The fourth-order valence-electron chi connectivity index (χ4n) is 8.00. The number of hydrogen-bond acceptors (Lipinski definition) is 1. The van der Waals surface area contributed by atoms with Crippen molar-refractivity contribution in [2.45, 2.75) is 0 Å². The standard InChI is InChI=1S/C48H31N/c1-2-13-32(14-3-1)34-25-28-36(29-26-34)49(37-30-27-33-15-4-5-16-35(33)31-37)48-44-22-11-10-21-43(44)46-41-20-9-8-19-39(41)38-17-6-7-18-40(38)42-23-12-24-45(48)47(42)46/h1-31H. The monoisotopic (exact) mass is 621 g/mol. The lowest BCUT2D eigenvalue weighted by atomic mass is 9.87. The van der Waals surface area contributed by atoms with E-state index in [-0.39, 0.29) is 0 Å². The first kappa shape index (κ1) is 27.7. The molecule has 9 aromatic carbocycles. The summed E-state index contributed by atoms with van der Waals surface area (Å²) in [7, 11) is 0. The first-order valence-corrected chi connectivity index (χ1v) is 16.9. The van der Waals surface area contributed by atoms with Gasteiger partial charge >= 0.3 is 0 Å². The minimum atomic E-state index is 1.12. The van der Waals surface area contributed by atoms with E-state index in [1.807, 2.05) is 0 Å². The van der Waals surface area contributed by atoms with E-state index in [2.05, 4.69) is 193 Å². The third kappa shape index (κ3) is 4.33. The topological polar surface area (TPSA) is 3.24 Å². The van der Waals surface area contributed by atoms with Crippen molar-refractivity contribution in [3.63, 3.8) is 0 Å². The molecule has 0 saturated carbocycles. The van der Waals surface area contributed by atoms with E-state index in [0.29, 0.717) is 0 Å². The van der Waals surface area contributed by atoms with E-state index in [4.69, 9.17) is 0 Å². The van der Waals surface area contributed by atoms with Gasteiger partial charge in [0.2, 0.25) is 0 Å². The Hall–Kier alpha value is -6.44. The van der Waals surface area contributed by atoms with Crippen LogP contribution in [-0.4, -0.2) is 0 Å². The average Bonchev–Trinajstić information content (AvgIpc) is 3.30. The minimum Gasteiger partial charge on any atom is -0.309 e. The normalized spacial score (nSPS) is 11.7. The molecule has 0 amide bonds. The number of fused-ring (bicyclic) bond motifs is 8. The molecule has 0 spiro atoms. The summed E-state index contributed by atoms with van der Waals surface area (Å²) in [6.07, 6.45) is 0. The zero-order chi connectivity index (χ0) is 32.3. The molecule has 0 radical (unpaired) electrons. The van der Waals surface area contributed by atoms with Crippen molar-refractivity contribution in [2.75, 3.05) is 4.90 Å². The van der Waals surface area contributed by atoms with E-state index >= 15 is 0 Å². The summed E-state index contributed by atoms with van der Waals surface area (Å²) in [6, 6.07) is 68.9. The van der Waals surface area contributed by atoms with E-state index < -0.39 is 0 Å². The van der Waals surface area contributed by atoms with Crippen LogP contribution in [0.3, 0.4) is 0 Å². The summed E-state index contributed by atoms with van der Waals surface area (Å²) in [6.45, 7) is 0. The van der Waals surface area contributed by atoms with Gasteiger partial charge in [0.25, 0.3) is 0 Å². The Morgan fingerprint density at radius 2 is 0.837 bits per heavy atom. The Balaban J connectivity index is 1.34. The highest BCUT2D eigenvalue weighted by Gasteiger charge is 2.27. The largest absolute Gasteiger partial charge is 0.309 e. The summed E-state index contributed by atoms with van der Waals surface area (Å²) in [5.41, 5.74) is 13.5. The van der Waals surface area contributed by atoms with Crippen molar-refractivity contribution in [3.8, 4) is 44.5 Å². The van der Waals surface area contributed by atoms with Gasteiger partial charge in [0.1, 0.15) is 0 Å². The van der Waals surface area contributed by atoms with Crippen molar-refractivity contribution in [2.24, 2.45) is 0 Å². The Morgan fingerprint density at radius 1 is 0.306 bits per heavy atom. The van der Waals surface area contributed by atoms with Gasteiger partial charge in [0.15, 0.2) is 0 Å². The number of nitrogens with zero attached hydrogens (tertiary/aromatic N) is 1. The molecule has 0 fully saturated rings. The SMILES string of the molecule is c1ccc(-c2ccc(N(c3ccc4ccccc4c3)c3c4ccccc4c4c5c(cccc35)-c3ccccc3-c3ccccc3-4)cc2)cc1. The van der Waals surface area contributed by atoms with E-state index in [1.165, 1.54) is 82.5 Å². The molecule has 0 heterocycles. The van der Waals surface area contributed by atoms with Crippen molar-refractivity contribution >= 4 is 49.4 Å². The van der Waals surface area contributed by atoms with E-state index in [1.54, 1.807) is 0 Å². The molecule has 9 aromatic rings. The van der Waals surface area contributed by atoms with Crippen LogP contribution >= 0.6 is 0 Å². The molecule has 0 saturated heterocycles. The molecule has 49 heavy (non-hydrogen) atoms. The van der Waals surface area contributed by atoms with Crippen LogP contribution in [0, 0.1) is 0 Å². The zero-order valence-electron chi connectivity index (χ0n) is 26.8. The molecule has 1 heteroatoms. The molecule has 1 aliphatic carbocycles. The Kier molecular flexibility index (Phi) is 6.25. The third-order valence-corrected chi connectivity index (χ3v) is 10.2. The van der Waals surface area contributed by atoms with Crippen molar-refractivity contribution in [3.05, 3.63) is 188 Å². The summed E-state index contributed by atoms with van der Waals surface area (Å²) < 4.78 is 0. The van der Waals surface area contributed by atoms with Crippen LogP contribution in [0.15, 0.2) is 188 Å². The third-order valence-electron chi connectivity index (χ3n) is 10.2. The average molecular weight is 622 g/mol. The van der Waals surface area contributed by atoms with Crippen molar-refractivity contribution in [1.29, 1.82) is 0 Å². The fourth-order valence-corrected chi connectivity index (χ4v) is 8.00. The molecule has 1 nitrogen and oxygen atoms in total. The van der Waals surface area contributed by atoms with Crippen LogP contribution < -0.4 is 4.90 Å². The lowest BCUT2D eigenvalue weighted by Gasteiger charge is -2.30. The molecule has 228 valence electrons. The summed E-state index contributed by atoms with van der Waals surface area (Å²) in [4.78, 5) is 2.48. The summed E-state index contributed by atoms with van der Waals surface area (Å²) in [5, 5.41) is 7.46. The summed E-state index contributed by atoms with van der Waals surface area (Å²) in [5.74, 6) is 0. The number of anilines is 3. The van der Waals surface area contributed by atoms with Gasteiger partial charge in [0.05, 0.1) is 5.69 Å². The molecular weight excluding hydrogens is 591 g/mol. The lowest BCUT2D eigenvalue weighted by Crippen LogP contribution is -2.11. The number of rotatable bonds is 4. The molecule has 0 bridgehead atoms. The van der Waals surface area contributed by atoms with E-state index in [9.17, 15) is 0 Å². The number of hydrogen-bond donors (Lipinski definition) is 0. The van der Waals surface area contributed by atoms with Gasteiger partial charge < -0.3 is 4.90 Å². The number of benzene rings is 9. The van der Waals surface area contributed by atoms with Crippen LogP contribution in [0.4, 0.5) is 17.1 Å². The second-order valence-corrected chi connectivity index (χ2v) is 12.9. The highest BCUT2D eigenvalue weighted by atomic mass is 15.1. The minimum absolute atomic E-state index is 1.12. The predicted molar refractivity (Wildman–Crippen MR) is 209 cm³/mol. The van der Waals surface area contributed by atoms with Gasteiger partial charge in [-0.15, -0.1) is 0 Å². The van der Waals surface area contributed by atoms with Crippen LogP contribution in [0.25, 0.3) is 76.8 Å².